The quantitative estimate of drug-likeness (QED) is 0.302. The van der Waals surface area contributed by atoms with Gasteiger partial charge in [-0.2, -0.15) is 16.8 Å². The van der Waals surface area contributed by atoms with Gasteiger partial charge in [0.15, 0.2) is 0 Å². The summed E-state index contributed by atoms with van der Waals surface area (Å²) in [6.45, 7) is 4.68. The molecule has 0 spiro atoms. The van der Waals surface area contributed by atoms with E-state index in [-0.39, 0.29) is 18.8 Å². The van der Waals surface area contributed by atoms with Gasteiger partial charge in [-0.25, -0.2) is 0 Å². The Morgan fingerprint density at radius 3 is 2.44 bits per heavy atom. The summed E-state index contributed by atoms with van der Waals surface area (Å²) >= 11 is 0. The molecular formula is C10H16O6S2. The van der Waals surface area contributed by atoms with Gasteiger partial charge in [0.05, 0.1) is 18.1 Å². The van der Waals surface area contributed by atoms with Crippen molar-refractivity contribution < 1.29 is 25.6 Å². The van der Waals surface area contributed by atoms with E-state index in [4.69, 9.17) is 4.55 Å². The predicted octanol–water partition coefficient (Wildman–Crippen LogP) is 0.436. The minimum absolute atomic E-state index is 0.0277. The van der Waals surface area contributed by atoms with Crippen molar-refractivity contribution in [3.63, 3.8) is 0 Å². The lowest BCUT2D eigenvalue weighted by Crippen LogP contribution is -2.19. The Morgan fingerprint density at radius 2 is 2.00 bits per heavy atom. The molecule has 0 radical (unpaired) electrons. The van der Waals surface area contributed by atoms with E-state index in [9.17, 15) is 16.8 Å². The molecule has 0 aliphatic rings. The van der Waals surface area contributed by atoms with Gasteiger partial charge in [-0.1, -0.05) is 12.0 Å². The molecule has 0 aliphatic heterocycles. The monoisotopic (exact) mass is 296 g/mol. The van der Waals surface area contributed by atoms with E-state index >= 15 is 0 Å². The molecule has 8 heteroatoms. The van der Waals surface area contributed by atoms with Crippen LogP contribution in [0.4, 0.5) is 0 Å². The third-order valence-corrected chi connectivity index (χ3v) is 3.90. The minimum atomic E-state index is -4.18. The zero-order valence-electron chi connectivity index (χ0n) is 10.00. The van der Waals surface area contributed by atoms with Gasteiger partial charge < -0.3 is 0 Å². The molecule has 0 saturated carbocycles. The van der Waals surface area contributed by atoms with Gasteiger partial charge in [-0.15, -0.1) is 12.5 Å². The van der Waals surface area contributed by atoms with Crippen LogP contribution >= 0.6 is 0 Å². The summed E-state index contributed by atoms with van der Waals surface area (Å²) in [4.78, 5) is 0. The summed E-state index contributed by atoms with van der Waals surface area (Å²) in [6.07, 6.45) is 1.26. The van der Waals surface area contributed by atoms with Gasteiger partial charge in [0.25, 0.3) is 20.2 Å². The van der Waals surface area contributed by atoms with Crippen molar-refractivity contribution in [2.24, 2.45) is 5.92 Å². The highest BCUT2D eigenvalue weighted by Gasteiger charge is 2.19. The van der Waals surface area contributed by atoms with Crippen LogP contribution in [0.3, 0.4) is 0 Å². The minimum Gasteiger partial charge on any atom is -0.286 e. The van der Waals surface area contributed by atoms with Crippen LogP contribution in [0.25, 0.3) is 0 Å². The molecule has 1 atom stereocenters. The van der Waals surface area contributed by atoms with Gasteiger partial charge in [-0.3, -0.25) is 8.74 Å². The fraction of sp³-hybridized carbons (Fsp3) is 0.600. The van der Waals surface area contributed by atoms with E-state index in [1.165, 1.54) is 13.0 Å². The van der Waals surface area contributed by atoms with Crippen molar-refractivity contribution in [1.29, 1.82) is 0 Å². The van der Waals surface area contributed by atoms with Crippen LogP contribution in [-0.4, -0.2) is 39.5 Å². The van der Waals surface area contributed by atoms with E-state index < -0.39 is 31.9 Å². The fourth-order valence-corrected chi connectivity index (χ4v) is 2.91. The van der Waals surface area contributed by atoms with Crippen molar-refractivity contribution in [2.45, 2.75) is 13.3 Å². The van der Waals surface area contributed by atoms with E-state index in [1.807, 2.05) is 0 Å². The summed E-state index contributed by atoms with van der Waals surface area (Å²) in [5.41, 5.74) is 0. The highest BCUT2D eigenvalue weighted by Crippen LogP contribution is 2.09. The van der Waals surface area contributed by atoms with E-state index in [0.717, 1.165) is 0 Å². The maximum atomic E-state index is 11.3. The van der Waals surface area contributed by atoms with Gasteiger partial charge in [0.2, 0.25) is 0 Å². The molecular weight excluding hydrogens is 280 g/mol. The van der Waals surface area contributed by atoms with Gasteiger partial charge in [0.1, 0.15) is 0 Å². The van der Waals surface area contributed by atoms with E-state index in [1.54, 1.807) is 0 Å². The fourth-order valence-electron chi connectivity index (χ4n) is 1.15. The van der Waals surface area contributed by atoms with Crippen molar-refractivity contribution in [2.75, 3.05) is 18.1 Å². The molecule has 18 heavy (non-hydrogen) atoms. The third kappa shape index (κ3) is 9.18. The summed E-state index contributed by atoms with van der Waals surface area (Å²) in [5, 5.41) is 0. The zero-order chi connectivity index (χ0) is 14.2. The first-order chi connectivity index (χ1) is 8.20. The maximum absolute atomic E-state index is 11.3. The topological polar surface area (TPSA) is 97.7 Å². The molecule has 0 fully saturated rings. The standard InChI is InChI=1S/C10H16O6S2/c1-3-5-10(9-17(11,12)13)6-8-18(14,15)16-7-4-2/h4,10H,2,6-9H2,1H3,(H,11,12,13). The first-order valence-corrected chi connectivity index (χ1v) is 8.24. The molecule has 0 bridgehead atoms. The molecule has 0 rings (SSSR count). The highest BCUT2D eigenvalue weighted by molar-refractivity contribution is 7.86. The summed E-state index contributed by atoms with van der Waals surface area (Å²) in [7, 11) is -7.91. The molecule has 104 valence electrons. The van der Waals surface area contributed by atoms with Gasteiger partial charge in [0, 0.05) is 5.92 Å². The van der Waals surface area contributed by atoms with Crippen molar-refractivity contribution in [1.82, 2.24) is 0 Å². The Hall–Kier alpha value is -0.880. The first-order valence-electron chi connectivity index (χ1n) is 5.05. The lowest BCUT2D eigenvalue weighted by atomic mass is 10.1. The van der Waals surface area contributed by atoms with Crippen LogP contribution in [0, 0.1) is 17.8 Å². The summed E-state index contributed by atoms with van der Waals surface area (Å²) in [6, 6.07) is 0. The van der Waals surface area contributed by atoms with E-state index in [2.05, 4.69) is 22.6 Å². The average Bonchev–Trinajstić information content (AvgIpc) is 2.22. The second-order valence-corrected chi connectivity index (χ2v) is 6.72. The molecule has 0 aliphatic carbocycles. The average molecular weight is 296 g/mol. The molecule has 0 aromatic heterocycles. The first kappa shape index (κ1) is 17.1. The van der Waals surface area contributed by atoms with Crippen molar-refractivity contribution in [3.8, 4) is 11.8 Å². The molecule has 0 saturated heterocycles. The van der Waals surface area contributed by atoms with Crippen LogP contribution in [0.15, 0.2) is 12.7 Å². The smallest absolute Gasteiger partial charge is 0.267 e. The third-order valence-electron chi connectivity index (χ3n) is 1.84. The lowest BCUT2D eigenvalue weighted by molar-refractivity contribution is 0.355. The predicted molar refractivity (Wildman–Crippen MR) is 67.9 cm³/mol. The Bertz CT molecular complexity index is 520. The molecule has 1 unspecified atom stereocenters. The van der Waals surface area contributed by atoms with Crippen LogP contribution < -0.4 is 0 Å². The van der Waals surface area contributed by atoms with Crippen molar-refractivity contribution in [3.05, 3.63) is 12.7 Å². The van der Waals surface area contributed by atoms with E-state index in [0.29, 0.717) is 0 Å². The second kappa shape index (κ2) is 7.53. The second-order valence-electron chi connectivity index (χ2n) is 3.46. The van der Waals surface area contributed by atoms with Crippen LogP contribution in [0.5, 0.6) is 0 Å². The molecule has 0 aromatic rings. The number of rotatable bonds is 8. The van der Waals surface area contributed by atoms with Crippen LogP contribution in [0.1, 0.15) is 13.3 Å². The van der Waals surface area contributed by atoms with Gasteiger partial charge >= 0.3 is 0 Å². The largest absolute Gasteiger partial charge is 0.286 e. The van der Waals surface area contributed by atoms with Crippen LogP contribution in [0.2, 0.25) is 0 Å². The zero-order valence-corrected chi connectivity index (χ0v) is 11.6. The highest BCUT2D eigenvalue weighted by atomic mass is 32.2. The summed E-state index contributed by atoms with van der Waals surface area (Å²) < 4.78 is 57.3. The summed E-state index contributed by atoms with van der Waals surface area (Å²) in [5.74, 6) is 3.33. The SMILES string of the molecule is C=CCOS(=O)(=O)CCC(C#CC)CS(=O)(=O)O. The van der Waals surface area contributed by atoms with Gasteiger partial charge in [-0.05, 0) is 13.3 Å². The Labute approximate surface area is 108 Å². The Morgan fingerprint density at radius 1 is 1.39 bits per heavy atom. The molecule has 6 nitrogen and oxygen atoms in total. The molecule has 0 heterocycles. The Kier molecular flexibility index (Phi) is 7.16. The van der Waals surface area contributed by atoms with Crippen molar-refractivity contribution >= 4 is 20.2 Å². The number of hydrogen-bond acceptors (Lipinski definition) is 5. The Balaban J connectivity index is 4.52. The lowest BCUT2D eigenvalue weighted by Gasteiger charge is -2.09. The molecule has 0 amide bonds. The normalized spacial score (nSPS) is 13.4. The molecule has 1 N–H and O–H groups in total. The molecule has 0 aromatic carbocycles. The number of hydrogen-bond donors (Lipinski definition) is 1. The van der Waals surface area contributed by atoms with Crippen LogP contribution in [-0.2, 0) is 24.4 Å². The maximum Gasteiger partial charge on any atom is 0.267 e.